The van der Waals surface area contributed by atoms with Gasteiger partial charge in [-0.25, -0.2) is 0 Å². The van der Waals surface area contributed by atoms with Gasteiger partial charge in [-0.05, 0) is 37.8 Å². The molecule has 0 aliphatic heterocycles. The Bertz CT molecular complexity index is 164. The number of hydrogen-bond acceptors (Lipinski definition) is 1. The molecule has 1 atom stereocenters. The standard InChI is InChI=1S/C9H14O/c1-2-5-8-6-3-4-7-9(8)10/h2,9-10H,3-4,6-7H2,1H3/t5?,9-/m0/s1. The van der Waals surface area contributed by atoms with Gasteiger partial charge in [0, 0.05) is 0 Å². The zero-order chi connectivity index (χ0) is 7.40. The summed E-state index contributed by atoms with van der Waals surface area (Å²) in [6.07, 6.45) is 6.01. The lowest BCUT2D eigenvalue weighted by Crippen LogP contribution is -2.13. The SMILES string of the molecule is CC=C=C1CCCC[C@@H]1O. The minimum Gasteiger partial charge on any atom is -0.388 e. The number of rotatable bonds is 0. The molecule has 10 heavy (non-hydrogen) atoms. The van der Waals surface area contributed by atoms with Gasteiger partial charge in [-0.15, -0.1) is 5.73 Å². The van der Waals surface area contributed by atoms with Gasteiger partial charge in [-0.2, -0.15) is 0 Å². The summed E-state index contributed by atoms with van der Waals surface area (Å²) in [5.41, 5.74) is 4.17. The third kappa shape index (κ3) is 1.73. The molecule has 1 aliphatic carbocycles. The van der Waals surface area contributed by atoms with Gasteiger partial charge >= 0.3 is 0 Å². The average molecular weight is 138 g/mol. The normalized spacial score (nSPS) is 25.8. The van der Waals surface area contributed by atoms with Crippen molar-refractivity contribution in [3.05, 3.63) is 17.4 Å². The van der Waals surface area contributed by atoms with Gasteiger partial charge < -0.3 is 5.11 Å². The zero-order valence-corrected chi connectivity index (χ0v) is 6.43. The van der Waals surface area contributed by atoms with Gasteiger partial charge in [0.15, 0.2) is 0 Å². The molecule has 1 heteroatoms. The lowest BCUT2D eigenvalue weighted by molar-refractivity contribution is 0.179. The highest BCUT2D eigenvalue weighted by Gasteiger charge is 2.14. The first-order valence-corrected chi connectivity index (χ1v) is 3.92. The topological polar surface area (TPSA) is 20.2 Å². The number of hydrogen-bond donors (Lipinski definition) is 1. The highest BCUT2D eigenvalue weighted by atomic mass is 16.3. The van der Waals surface area contributed by atoms with E-state index in [-0.39, 0.29) is 6.10 Å². The Hall–Kier alpha value is -0.520. The fourth-order valence-corrected chi connectivity index (χ4v) is 1.35. The maximum atomic E-state index is 9.38. The molecule has 0 aromatic heterocycles. The molecule has 0 radical (unpaired) electrons. The molecule has 0 aromatic carbocycles. The van der Waals surface area contributed by atoms with Crippen molar-refractivity contribution in [3.8, 4) is 0 Å². The van der Waals surface area contributed by atoms with Gasteiger partial charge in [0.25, 0.3) is 0 Å². The first kappa shape index (κ1) is 7.59. The highest BCUT2D eigenvalue weighted by Crippen LogP contribution is 2.22. The maximum Gasteiger partial charge on any atom is 0.0823 e. The van der Waals surface area contributed by atoms with Crippen molar-refractivity contribution in [2.24, 2.45) is 0 Å². The van der Waals surface area contributed by atoms with E-state index in [2.05, 4.69) is 5.73 Å². The summed E-state index contributed by atoms with van der Waals surface area (Å²) in [5, 5.41) is 9.38. The van der Waals surface area contributed by atoms with Gasteiger partial charge in [-0.1, -0.05) is 6.42 Å². The van der Waals surface area contributed by atoms with Crippen LogP contribution in [0.1, 0.15) is 32.6 Å². The molecule has 0 spiro atoms. The number of aliphatic hydroxyl groups is 1. The summed E-state index contributed by atoms with van der Waals surface area (Å²) in [6.45, 7) is 1.94. The summed E-state index contributed by atoms with van der Waals surface area (Å²) >= 11 is 0. The molecule has 0 heterocycles. The quantitative estimate of drug-likeness (QED) is 0.508. The van der Waals surface area contributed by atoms with Crippen molar-refractivity contribution in [1.82, 2.24) is 0 Å². The molecule has 1 fully saturated rings. The zero-order valence-electron chi connectivity index (χ0n) is 6.43. The van der Waals surface area contributed by atoms with Crippen LogP contribution in [0.3, 0.4) is 0 Å². The van der Waals surface area contributed by atoms with Crippen LogP contribution in [0.25, 0.3) is 0 Å². The lowest BCUT2D eigenvalue weighted by atomic mass is 9.93. The highest BCUT2D eigenvalue weighted by molar-refractivity contribution is 5.09. The Morgan fingerprint density at radius 1 is 1.60 bits per heavy atom. The molecule has 1 aliphatic rings. The first-order valence-electron chi connectivity index (χ1n) is 3.92. The van der Waals surface area contributed by atoms with E-state index in [1.54, 1.807) is 0 Å². The average Bonchev–Trinajstić information content (AvgIpc) is 1.94. The van der Waals surface area contributed by atoms with Gasteiger partial charge in [0.1, 0.15) is 0 Å². The monoisotopic (exact) mass is 138 g/mol. The van der Waals surface area contributed by atoms with Crippen molar-refractivity contribution < 1.29 is 5.11 Å². The van der Waals surface area contributed by atoms with E-state index in [4.69, 9.17) is 0 Å². The Kier molecular flexibility index (Phi) is 2.73. The Morgan fingerprint density at radius 3 is 3.00 bits per heavy atom. The second-order valence-electron chi connectivity index (χ2n) is 2.72. The van der Waals surface area contributed by atoms with E-state index in [0.717, 1.165) is 24.8 Å². The third-order valence-electron chi connectivity index (χ3n) is 1.91. The molecular formula is C9H14O. The maximum absolute atomic E-state index is 9.38. The molecule has 1 N–H and O–H groups in total. The molecule has 0 bridgehead atoms. The van der Waals surface area contributed by atoms with Crippen molar-refractivity contribution in [2.75, 3.05) is 0 Å². The van der Waals surface area contributed by atoms with Crippen LogP contribution in [0, 0.1) is 0 Å². The predicted octanol–water partition coefficient (Wildman–Crippen LogP) is 2.02. The van der Waals surface area contributed by atoms with Crippen LogP contribution in [-0.2, 0) is 0 Å². The molecule has 1 saturated carbocycles. The molecule has 1 rings (SSSR count). The van der Waals surface area contributed by atoms with E-state index >= 15 is 0 Å². The Morgan fingerprint density at radius 2 is 2.40 bits per heavy atom. The molecule has 1 nitrogen and oxygen atoms in total. The van der Waals surface area contributed by atoms with Crippen molar-refractivity contribution in [3.63, 3.8) is 0 Å². The van der Waals surface area contributed by atoms with Gasteiger partial charge in [0.2, 0.25) is 0 Å². The third-order valence-corrected chi connectivity index (χ3v) is 1.91. The van der Waals surface area contributed by atoms with Crippen LogP contribution in [0.2, 0.25) is 0 Å². The summed E-state index contributed by atoms with van der Waals surface area (Å²) < 4.78 is 0. The largest absolute Gasteiger partial charge is 0.388 e. The van der Waals surface area contributed by atoms with Crippen LogP contribution >= 0.6 is 0 Å². The van der Waals surface area contributed by atoms with Crippen LogP contribution < -0.4 is 0 Å². The summed E-state index contributed by atoms with van der Waals surface area (Å²) in [7, 11) is 0. The van der Waals surface area contributed by atoms with Crippen molar-refractivity contribution in [1.29, 1.82) is 0 Å². The smallest absolute Gasteiger partial charge is 0.0823 e. The van der Waals surface area contributed by atoms with E-state index in [9.17, 15) is 5.11 Å². The fraction of sp³-hybridized carbons (Fsp3) is 0.667. The molecule has 0 unspecified atom stereocenters. The molecule has 56 valence electrons. The summed E-state index contributed by atoms with van der Waals surface area (Å²) in [6, 6.07) is 0. The molecule has 0 saturated heterocycles. The first-order chi connectivity index (χ1) is 4.84. The predicted molar refractivity (Wildman–Crippen MR) is 41.7 cm³/mol. The second-order valence-corrected chi connectivity index (χ2v) is 2.72. The number of aliphatic hydroxyl groups excluding tert-OH is 1. The van der Waals surface area contributed by atoms with E-state index in [1.807, 2.05) is 13.0 Å². The van der Waals surface area contributed by atoms with Crippen LogP contribution in [0.4, 0.5) is 0 Å². The van der Waals surface area contributed by atoms with E-state index in [0.29, 0.717) is 0 Å². The van der Waals surface area contributed by atoms with Crippen LogP contribution in [0.15, 0.2) is 17.4 Å². The fourth-order valence-electron chi connectivity index (χ4n) is 1.35. The molecule has 0 amide bonds. The van der Waals surface area contributed by atoms with Crippen molar-refractivity contribution in [2.45, 2.75) is 38.7 Å². The van der Waals surface area contributed by atoms with E-state index < -0.39 is 0 Å². The van der Waals surface area contributed by atoms with Crippen molar-refractivity contribution >= 4 is 0 Å². The Labute approximate surface area is 62.1 Å². The summed E-state index contributed by atoms with van der Waals surface area (Å²) in [5.74, 6) is 0. The Balaban J connectivity index is 2.65. The van der Waals surface area contributed by atoms with E-state index in [1.165, 1.54) is 6.42 Å². The molecule has 0 aromatic rings. The van der Waals surface area contributed by atoms with Crippen LogP contribution in [-0.4, -0.2) is 11.2 Å². The second kappa shape index (κ2) is 3.60. The van der Waals surface area contributed by atoms with Crippen LogP contribution in [0.5, 0.6) is 0 Å². The van der Waals surface area contributed by atoms with Gasteiger partial charge in [0.05, 0.1) is 6.10 Å². The lowest BCUT2D eigenvalue weighted by Gasteiger charge is -2.17. The summed E-state index contributed by atoms with van der Waals surface area (Å²) in [4.78, 5) is 0. The van der Waals surface area contributed by atoms with Gasteiger partial charge in [-0.3, -0.25) is 0 Å². The molecular weight excluding hydrogens is 124 g/mol. The minimum absolute atomic E-state index is 0.204. The minimum atomic E-state index is -0.204.